The van der Waals surface area contributed by atoms with E-state index >= 15 is 0 Å². The highest BCUT2D eigenvalue weighted by atomic mass is 16.5. The maximum atomic E-state index is 13.1. The Morgan fingerprint density at radius 2 is 1.81 bits per heavy atom. The summed E-state index contributed by atoms with van der Waals surface area (Å²) >= 11 is 0. The molecule has 160 valence electrons. The third-order valence-corrected chi connectivity index (χ3v) is 4.74. The Morgan fingerprint density at radius 3 is 2.45 bits per heavy atom. The number of aromatic nitrogens is 1. The Kier molecular flexibility index (Phi) is 7.38. The van der Waals surface area contributed by atoms with Gasteiger partial charge in [0.1, 0.15) is 5.75 Å². The van der Waals surface area contributed by atoms with E-state index in [1.165, 1.54) is 0 Å². The van der Waals surface area contributed by atoms with Gasteiger partial charge in [0, 0.05) is 18.1 Å². The molecule has 0 N–H and O–H groups in total. The number of esters is 1. The lowest BCUT2D eigenvalue weighted by atomic mass is 10.1. The molecule has 0 unspecified atom stereocenters. The van der Waals surface area contributed by atoms with Crippen molar-refractivity contribution in [2.45, 2.75) is 27.3 Å². The van der Waals surface area contributed by atoms with Crippen LogP contribution in [-0.4, -0.2) is 30.1 Å². The van der Waals surface area contributed by atoms with Gasteiger partial charge in [-0.2, -0.15) is 0 Å². The van der Waals surface area contributed by atoms with Gasteiger partial charge in [-0.1, -0.05) is 23.8 Å². The van der Waals surface area contributed by atoms with Gasteiger partial charge in [-0.25, -0.2) is 4.79 Å². The number of carbonyl (C=O) groups excluding carboxylic acids is 2. The Balaban J connectivity index is 1.80. The van der Waals surface area contributed by atoms with E-state index in [1.807, 2.05) is 44.2 Å². The molecular weight excluding hydrogens is 392 g/mol. The summed E-state index contributed by atoms with van der Waals surface area (Å²) in [6.45, 7) is 6.26. The highest BCUT2D eigenvalue weighted by Crippen LogP contribution is 2.21. The van der Waals surface area contributed by atoms with Crippen LogP contribution in [0.25, 0.3) is 0 Å². The molecule has 0 saturated heterocycles. The van der Waals surface area contributed by atoms with E-state index in [0.29, 0.717) is 30.2 Å². The summed E-state index contributed by atoms with van der Waals surface area (Å²) in [5, 5.41) is 0. The van der Waals surface area contributed by atoms with Crippen LogP contribution in [0.5, 0.6) is 5.75 Å². The second kappa shape index (κ2) is 10.4. The van der Waals surface area contributed by atoms with Gasteiger partial charge in [-0.05, 0) is 68.3 Å². The van der Waals surface area contributed by atoms with Crippen molar-refractivity contribution >= 4 is 17.6 Å². The van der Waals surface area contributed by atoms with Crippen LogP contribution in [0.2, 0.25) is 0 Å². The van der Waals surface area contributed by atoms with E-state index in [1.54, 1.807) is 48.5 Å². The molecule has 1 heterocycles. The summed E-state index contributed by atoms with van der Waals surface area (Å²) in [4.78, 5) is 30.8. The van der Waals surface area contributed by atoms with Crippen LogP contribution in [0.4, 0.5) is 5.69 Å². The first kappa shape index (κ1) is 22.0. The molecule has 6 nitrogen and oxygen atoms in total. The number of carbonyl (C=O) groups is 2. The van der Waals surface area contributed by atoms with Crippen molar-refractivity contribution in [3.63, 3.8) is 0 Å². The van der Waals surface area contributed by atoms with Crippen molar-refractivity contribution in [2.75, 3.05) is 18.1 Å². The van der Waals surface area contributed by atoms with Crippen LogP contribution in [0.3, 0.4) is 0 Å². The highest BCUT2D eigenvalue weighted by molar-refractivity contribution is 5.95. The van der Waals surface area contributed by atoms with Gasteiger partial charge in [-0.15, -0.1) is 0 Å². The zero-order valence-electron chi connectivity index (χ0n) is 18.0. The van der Waals surface area contributed by atoms with Gasteiger partial charge in [0.05, 0.1) is 18.7 Å². The summed E-state index contributed by atoms with van der Waals surface area (Å²) in [6.07, 6.45) is 3.41. The van der Waals surface area contributed by atoms with Crippen molar-refractivity contribution in [2.24, 2.45) is 0 Å². The number of ether oxygens (including phenoxy) is 2. The predicted molar refractivity (Wildman–Crippen MR) is 119 cm³/mol. The third kappa shape index (κ3) is 5.92. The molecule has 1 aromatic heterocycles. The molecule has 0 aliphatic heterocycles. The molecule has 0 aliphatic carbocycles. The number of nitrogens with zero attached hydrogens (tertiary/aromatic N) is 2. The van der Waals surface area contributed by atoms with Crippen LogP contribution in [0, 0.1) is 13.8 Å². The molecule has 0 aliphatic rings. The fourth-order valence-corrected chi connectivity index (χ4v) is 3.17. The van der Waals surface area contributed by atoms with Crippen molar-refractivity contribution < 1.29 is 19.1 Å². The van der Waals surface area contributed by atoms with E-state index in [2.05, 4.69) is 4.98 Å². The van der Waals surface area contributed by atoms with Crippen LogP contribution < -0.4 is 9.64 Å². The standard InChI is InChI=1S/C25H26N2O4/c1-4-30-25(29)21-8-10-22(11-9-21)27(16-20-6-5-13-26-15-20)24(28)17-31-23-12-7-18(2)14-19(23)3/h5-15H,4,16-17H2,1-3H3. The van der Waals surface area contributed by atoms with E-state index in [0.717, 1.165) is 16.7 Å². The lowest BCUT2D eigenvalue weighted by molar-refractivity contribution is -0.120. The molecule has 0 spiro atoms. The Labute approximate surface area is 182 Å². The van der Waals surface area contributed by atoms with Gasteiger partial charge in [0.15, 0.2) is 6.61 Å². The second-order valence-corrected chi connectivity index (χ2v) is 7.17. The summed E-state index contributed by atoms with van der Waals surface area (Å²) < 4.78 is 10.8. The molecule has 3 aromatic rings. The molecule has 0 radical (unpaired) electrons. The summed E-state index contributed by atoms with van der Waals surface area (Å²) in [7, 11) is 0. The number of benzene rings is 2. The van der Waals surface area contributed by atoms with Gasteiger partial charge >= 0.3 is 5.97 Å². The minimum absolute atomic E-state index is 0.107. The minimum atomic E-state index is -0.391. The molecular formula is C25H26N2O4. The fraction of sp³-hybridized carbons (Fsp3) is 0.240. The van der Waals surface area contributed by atoms with Crippen LogP contribution in [-0.2, 0) is 16.1 Å². The summed E-state index contributed by atoms with van der Waals surface area (Å²) in [5.41, 5.74) is 4.09. The molecule has 0 bridgehead atoms. The smallest absolute Gasteiger partial charge is 0.338 e. The number of rotatable bonds is 8. The second-order valence-electron chi connectivity index (χ2n) is 7.17. The topological polar surface area (TPSA) is 68.7 Å². The maximum absolute atomic E-state index is 13.1. The first-order valence-corrected chi connectivity index (χ1v) is 10.1. The predicted octanol–water partition coefficient (Wildman–Crippen LogP) is 4.49. The number of aryl methyl sites for hydroxylation is 2. The number of pyridine rings is 1. The monoisotopic (exact) mass is 418 g/mol. The Hall–Kier alpha value is -3.67. The zero-order valence-corrected chi connectivity index (χ0v) is 18.0. The SMILES string of the molecule is CCOC(=O)c1ccc(N(Cc2cccnc2)C(=O)COc2ccc(C)cc2C)cc1. The number of amides is 1. The lowest BCUT2D eigenvalue weighted by Crippen LogP contribution is -2.34. The van der Waals surface area contributed by atoms with Crippen LogP contribution in [0.15, 0.2) is 67.0 Å². The molecule has 6 heteroatoms. The largest absolute Gasteiger partial charge is 0.483 e. The minimum Gasteiger partial charge on any atom is -0.483 e. The van der Waals surface area contributed by atoms with Crippen molar-refractivity contribution in [1.29, 1.82) is 0 Å². The molecule has 2 aromatic carbocycles. The van der Waals surface area contributed by atoms with Gasteiger partial charge in [0.2, 0.25) is 0 Å². The number of anilines is 1. The average Bonchev–Trinajstić information content (AvgIpc) is 2.78. The number of hydrogen-bond donors (Lipinski definition) is 0. The number of hydrogen-bond acceptors (Lipinski definition) is 5. The highest BCUT2D eigenvalue weighted by Gasteiger charge is 2.18. The quantitative estimate of drug-likeness (QED) is 0.504. The van der Waals surface area contributed by atoms with Crippen molar-refractivity contribution in [3.8, 4) is 5.75 Å². The van der Waals surface area contributed by atoms with Crippen LogP contribution in [0.1, 0.15) is 34.0 Å². The van der Waals surface area contributed by atoms with E-state index in [4.69, 9.17) is 9.47 Å². The van der Waals surface area contributed by atoms with Crippen molar-refractivity contribution in [1.82, 2.24) is 4.98 Å². The third-order valence-electron chi connectivity index (χ3n) is 4.74. The normalized spacial score (nSPS) is 10.4. The average molecular weight is 418 g/mol. The lowest BCUT2D eigenvalue weighted by Gasteiger charge is -2.23. The van der Waals surface area contributed by atoms with Crippen molar-refractivity contribution in [3.05, 3.63) is 89.2 Å². The molecule has 31 heavy (non-hydrogen) atoms. The van der Waals surface area contributed by atoms with E-state index in [9.17, 15) is 9.59 Å². The Morgan fingerprint density at radius 1 is 1.03 bits per heavy atom. The Bertz CT molecular complexity index is 1030. The van der Waals surface area contributed by atoms with Gasteiger partial charge in [0.25, 0.3) is 5.91 Å². The zero-order chi connectivity index (χ0) is 22.2. The summed E-state index contributed by atoms with van der Waals surface area (Å²) in [6, 6.07) is 16.4. The molecule has 1 amide bonds. The van der Waals surface area contributed by atoms with E-state index in [-0.39, 0.29) is 12.5 Å². The first-order chi connectivity index (χ1) is 15.0. The maximum Gasteiger partial charge on any atom is 0.338 e. The summed E-state index contributed by atoms with van der Waals surface area (Å²) in [5.74, 6) is 0.0861. The molecule has 0 fully saturated rings. The molecule has 0 saturated carbocycles. The van der Waals surface area contributed by atoms with Gasteiger partial charge < -0.3 is 14.4 Å². The van der Waals surface area contributed by atoms with Gasteiger partial charge in [-0.3, -0.25) is 9.78 Å². The molecule has 0 atom stereocenters. The molecule has 3 rings (SSSR count). The fourth-order valence-electron chi connectivity index (χ4n) is 3.17. The van der Waals surface area contributed by atoms with Crippen LogP contribution >= 0.6 is 0 Å². The van der Waals surface area contributed by atoms with E-state index < -0.39 is 5.97 Å². The first-order valence-electron chi connectivity index (χ1n) is 10.1.